The third kappa shape index (κ3) is 5.68. The van der Waals surface area contributed by atoms with Crippen LogP contribution in [0.5, 0.6) is 5.75 Å². The molecule has 1 aromatic rings. The van der Waals surface area contributed by atoms with Crippen molar-refractivity contribution in [1.29, 1.82) is 0 Å². The Balaban J connectivity index is 2.40. The highest BCUT2D eigenvalue weighted by Crippen LogP contribution is 2.17. The van der Waals surface area contributed by atoms with Gasteiger partial charge in [-0.25, -0.2) is 0 Å². The van der Waals surface area contributed by atoms with E-state index in [0.29, 0.717) is 6.42 Å². The SMILES string of the molecule is CNCCCC(=O)Nc1ccc(OC(C)C)cc1. The van der Waals surface area contributed by atoms with E-state index < -0.39 is 0 Å². The van der Waals surface area contributed by atoms with Crippen LogP contribution in [0.2, 0.25) is 0 Å². The van der Waals surface area contributed by atoms with Gasteiger partial charge in [-0.05, 0) is 58.1 Å². The molecule has 2 N–H and O–H groups in total. The highest BCUT2D eigenvalue weighted by atomic mass is 16.5. The van der Waals surface area contributed by atoms with Gasteiger partial charge in [0.15, 0.2) is 0 Å². The number of rotatable bonds is 7. The molecule has 0 aliphatic carbocycles. The van der Waals surface area contributed by atoms with Crippen molar-refractivity contribution >= 4 is 11.6 Å². The summed E-state index contributed by atoms with van der Waals surface area (Å²) in [6.07, 6.45) is 1.54. The molecular formula is C14H22N2O2. The number of nitrogens with one attached hydrogen (secondary N) is 2. The maximum atomic E-state index is 11.6. The van der Waals surface area contributed by atoms with Crippen LogP contribution in [0.3, 0.4) is 0 Å². The lowest BCUT2D eigenvalue weighted by molar-refractivity contribution is -0.116. The third-order valence-corrected chi connectivity index (χ3v) is 2.34. The van der Waals surface area contributed by atoms with Crippen LogP contribution in [-0.4, -0.2) is 25.6 Å². The van der Waals surface area contributed by atoms with E-state index in [2.05, 4.69) is 10.6 Å². The van der Waals surface area contributed by atoms with Crippen LogP contribution in [0.15, 0.2) is 24.3 Å². The molecule has 0 heterocycles. The second-order valence-corrected chi connectivity index (χ2v) is 4.45. The van der Waals surface area contributed by atoms with E-state index in [1.807, 2.05) is 45.2 Å². The smallest absolute Gasteiger partial charge is 0.224 e. The van der Waals surface area contributed by atoms with Gasteiger partial charge >= 0.3 is 0 Å². The van der Waals surface area contributed by atoms with E-state index in [0.717, 1.165) is 24.4 Å². The van der Waals surface area contributed by atoms with Crippen molar-refractivity contribution in [2.24, 2.45) is 0 Å². The van der Waals surface area contributed by atoms with Gasteiger partial charge in [0.25, 0.3) is 0 Å². The Morgan fingerprint density at radius 3 is 2.50 bits per heavy atom. The Hall–Kier alpha value is -1.55. The van der Waals surface area contributed by atoms with Crippen molar-refractivity contribution < 1.29 is 9.53 Å². The zero-order valence-electron chi connectivity index (χ0n) is 11.3. The summed E-state index contributed by atoms with van der Waals surface area (Å²) in [5.74, 6) is 0.862. The maximum absolute atomic E-state index is 11.6. The van der Waals surface area contributed by atoms with Crippen LogP contribution < -0.4 is 15.4 Å². The first kappa shape index (κ1) is 14.5. The number of benzene rings is 1. The number of ether oxygens (including phenoxy) is 1. The van der Waals surface area contributed by atoms with Crippen molar-refractivity contribution in [3.8, 4) is 5.75 Å². The molecule has 0 saturated carbocycles. The lowest BCUT2D eigenvalue weighted by Crippen LogP contribution is -2.15. The fourth-order valence-corrected chi connectivity index (χ4v) is 1.54. The molecule has 0 spiro atoms. The van der Waals surface area contributed by atoms with E-state index >= 15 is 0 Å². The Kier molecular flexibility index (Phi) is 6.22. The maximum Gasteiger partial charge on any atom is 0.224 e. The highest BCUT2D eigenvalue weighted by molar-refractivity contribution is 5.90. The topological polar surface area (TPSA) is 50.4 Å². The van der Waals surface area contributed by atoms with Gasteiger partial charge in [0.2, 0.25) is 5.91 Å². The fourth-order valence-electron chi connectivity index (χ4n) is 1.54. The summed E-state index contributed by atoms with van der Waals surface area (Å²) >= 11 is 0. The average molecular weight is 250 g/mol. The Labute approximate surface area is 109 Å². The average Bonchev–Trinajstić information content (AvgIpc) is 2.31. The minimum absolute atomic E-state index is 0.0442. The number of hydrogen-bond donors (Lipinski definition) is 2. The predicted molar refractivity (Wildman–Crippen MR) is 74.0 cm³/mol. The Morgan fingerprint density at radius 2 is 1.94 bits per heavy atom. The standard InChI is InChI=1S/C14H22N2O2/c1-11(2)18-13-8-6-12(7-9-13)16-14(17)5-4-10-15-3/h6-9,11,15H,4-5,10H2,1-3H3,(H,16,17). The fraction of sp³-hybridized carbons (Fsp3) is 0.500. The van der Waals surface area contributed by atoms with Crippen LogP contribution in [0.4, 0.5) is 5.69 Å². The molecule has 0 aliphatic rings. The number of amides is 1. The van der Waals surface area contributed by atoms with Gasteiger partial charge < -0.3 is 15.4 Å². The van der Waals surface area contributed by atoms with Gasteiger partial charge in [-0.15, -0.1) is 0 Å². The summed E-state index contributed by atoms with van der Waals surface area (Å²) in [6, 6.07) is 7.44. The van der Waals surface area contributed by atoms with Crippen LogP contribution in [0.25, 0.3) is 0 Å². The van der Waals surface area contributed by atoms with Gasteiger partial charge in [0.05, 0.1) is 6.10 Å². The number of carbonyl (C=O) groups is 1. The monoisotopic (exact) mass is 250 g/mol. The summed E-state index contributed by atoms with van der Waals surface area (Å²) in [6.45, 7) is 4.82. The quantitative estimate of drug-likeness (QED) is 0.731. The summed E-state index contributed by atoms with van der Waals surface area (Å²) in [7, 11) is 1.88. The molecular weight excluding hydrogens is 228 g/mol. The number of carbonyl (C=O) groups excluding carboxylic acids is 1. The molecule has 100 valence electrons. The lowest BCUT2D eigenvalue weighted by atomic mass is 10.2. The van der Waals surface area contributed by atoms with Gasteiger partial charge in [-0.1, -0.05) is 0 Å². The van der Waals surface area contributed by atoms with E-state index in [-0.39, 0.29) is 12.0 Å². The molecule has 4 heteroatoms. The molecule has 0 aromatic heterocycles. The highest BCUT2D eigenvalue weighted by Gasteiger charge is 2.02. The number of hydrogen-bond acceptors (Lipinski definition) is 3. The van der Waals surface area contributed by atoms with Crippen molar-refractivity contribution in [3.05, 3.63) is 24.3 Å². The second-order valence-electron chi connectivity index (χ2n) is 4.45. The van der Waals surface area contributed by atoms with Crippen molar-refractivity contribution in [2.75, 3.05) is 18.9 Å². The zero-order chi connectivity index (χ0) is 13.4. The Morgan fingerprint density at radius 1 is 1.28 bits per heavy atom. The van der Waals surface area contributed by atoms with E-state index in [1.54, 1.807) is 0 Å². The summed E-state index contributed by atoms with van der Waals surface area (Å²) in [4.78, 5) is 11.6. The predicted octanol–water partition coefficient (Wildman–Crippen LogP) is 2.41. The zero-order valence-corrected chi connectivity index (χ0v) is 11.3. The first-order valence-corrected chi connectivity index (χ1v) is 6.33. The van der Waals surface area contributed by atoms with Crippen molar-refractivity contribution in [2.45, 2.75) is 32.8 Å². The minimum atomic E-state index is 0.0442. The first-order chi connectivity index (χ1) is 8.61. The van der Waals surface area contributed by atoms with Gasteiger partial charge in [-0.3, -0.25) is 4.79 Å². The van der Waals surface area contributed by atoms with Gasteiger partial charge in [0.1, 0.15) is 5.75 Å². The van der Waals surface area contributed by atoms with Crippen molar-refractivity contribution in [1.82, 2.24) is 5.32 Å². The Bertz CT molecular complexity index is 361. The molecule has 0 radical (unpaired) electrons. The molecule has 1 rings (SSSR count). The summed E-state index contributed by atoms with van der Waals surface area (Å²) in [5, 5.41) is 5.88. The third-order valence-electron chi connectivity index (χ3n) is 2.34. The van der Waals surface area contributed by atoms with E-state index in [1.165, 1.54) is 0 Å². The van der Waals surface area contributed by atoms with E-state index in [9.17, 15) is 4.79 Å². The molecule has 0 saturated heterocycles. The molecule has 0 bridgehead atoms. The number of anilines is 1. The van der Waals surface area contributed by atoms with Crippen LogP contribution >= 0.6 is 0 Å². The summed E-state index contributed by atoms with van der Waals surface area (Å²) < 4.78 is 5.53. The molecule has 0 aliphatic heterocycles. The molecule has 1 amide bonds. The van der Waals surface area contributed by atoms with E-state index in [4.69, 9.17) is 4.74 Å². The molecule has 4 nitrogen and oxygen atoms in total. The normalized spacial score (nSPS) is 10.4. The summed E-state index contributed by atoms with van der Waals surface area (Å²) in [5.41, 5.74) is 0.806. The first-order valence-electron chi connectivity index (χ1n) is 6.33. The van der Waals surface area contributed by atoms with Gasteiger partial charge in [0, 0.05) is 12.1 Å². The van der Waals surface area contributed by atoms with Crippen molar-refractivity contribution in [3.63, 3.8) is 0 Å². The molecule has 0 fully saturated rings. The molecule has 0 atom stereocenters. The van der Waals surface area contributed by atoms with Crippen LogP contribution in [0, 0.1) is 0 Å². The van der Waals surface area contributed by atoms with Crippen LogP contribution in [0.1, 0.15) is 26.7 Å². The van der Waals surface area contributed by atoms with Gasteiger partial charge in [-0.2, -0.15) is 0 Å². The lowest BCUT2D eigenvalue weighted by Gasteiger charge is -2.10. The molecule has 18 heavy (non-hydrogen) atoms. The molecule has 1 aromatic carbocycles. The largest absolute Gasteiger partial charge is 0.491 e. The molecule has 0 unspecified atom stereocenters. The second kappa shape index (κ2) is 7.71. The van der Waals surface area contributed by atoms with Crippen LogP contribution in [-0.2, 0) is 4.79 Å². The minimum Gasteiger partial charge on any atom is -0.491 e.